The maximum atomic E-state index is 12.9. The van der Waals surface area contributed by atoms with E-state index in [-0.39, 0.29) is 24.8 Å². The zero-order valence-corrected chi connectivity index (χ0v) is 18.1. The van der Waals surface area contributed by atoms with E-state index in [0.29, 0.717) is 48.5 Å². The lowest BCUT2D eigenvalue weighted by Gasteiger charge is -2.30. The fourth-order valence-corrected chi connectivity index (χ4v) is 5.01. The van der Waals surface area contributed by atoms with Crippen molar-refractivity contribution in [2.75, 3.05) is 37.9 Å². The highest BCUT2D eigenvalue weighted by molar-refractivity contribution is 7.88. The molecule has 30 heavy (non-hydrogen) atoms. The van der Waals surface area contributed by atoms with Crippen molar-refractivity contribution >= 4 is 27.0 Å². The van der Waals surface area contributed by atoms with Crippen LogP contribution in [0.3, 0.4) is 0 Å². The van der Waals surface area contributed by atoms with Crippen LogP contribution < -0.4 is 10.9 Å². The molecule has 2 aliphatic rings. The molecule has 11 heteroatoms. The number of aliphatic hydroxyl groups is 1. The third kappa shape index (κ3) is 3.94. The van der Waals surface area contributed by atoms with Crippen LogP contribution >= 0.6 is 0 Å². The van der Waals surface area contributed by atoms with Crippen LogP contribution in [0.2, 0.25) is 0 Å². The third-order valence-electron chi connectivity index (χ3n) is 5.91. The molecule has 2 fully saturated rings. The van der Waals surface area contributed by atoms with E-state index in [0.717, 1.165) is 0 Å². The molecule has 164 valence electrons. The van der Waals surface area contributed by atoms with Gasteiger partial charge in [0.05, 0.1) is 25.5 Å². The number of nitrogens with one attached hydrogen (secondary N) is 1. The summed E-state index contributed by atoms with van der Waals surface area (Å²) < 4.78 is 31.8. The number of piperidine rings is 1. The van der Waals surface area contributed by atoms with Crippen LogP contribution in [-0.4, -0.2) is 76.6 Å². The summed E-state index contributed by atoms with van der Waals surface area (Å²) in [6.45, 7) is 4.63. The standard InChI is InChI=1S/C19H27N5O5S/c1-12-8-13-9-20-18(21-14-4-6-23(7-5-14)30(3,27)28)22-16(13)24(17(12)25)15-10-29-11-19(15,2)26/h8-9,14-15,26H,4-7,10-11H2,1-3H3,(H,20,21,22)/t15-,19-/m1/s1. The minimum absolute atomic E-state index is 0.0315. The highest BCUT2D eigenvalue weighted by atomic mass is 32.2. The summed E-state index contributed by atoms with van der Waals surface area (Å²) in [7, 11) is -3.19. The second kappa shape index (κ2) is 7.56. The number of aryl methyl sites for hydroxylation is 1. The third-order valence-corrected chi connectivity index (χ3v) is 7.21. The Labute approximate surface area is 174 Å². The van der Waals surface area contributed by atoms with E-state index in [9.17, 15) is 18.3 Å². The lowest BCUT2D eigenvalue weighted by atomic mass is 10.00. The molecule has 0 bridgehead atoms. The van der Waals surface area contributed by atoms with Gasteiger partial charge in [0, 0.05) is 36.3 Å². The molecule has 2 aromatic rings. The maximum Gasteiger partial charge on any atom is 0.255 e. The number of hydrogen-bond donors (Lipinski definition) is 2. The molecular formula is C19H27N5O5S. The number of ether oxygens (including phenoxy) is 1. The van der Waals surface area contributed by atoms with Gasteiger partial charge in [-0.15, -0.1) is 0 Å². The van der Waals surface area contributed by atoms with Crippen LogP contribution in [0.15, 0.2) is 17.1 Å². The zero-order valence-electron chi connectivity index (χ0n) is 17.3. The monoisotopic (exact) mass is 437 g/mol. The number of rotatable bonds is 4. The molecule has 0 saturated carbocycles. The summed E-state index contributed by atoms with van der Waals surface area (Å²) in [4.78, 5) is 21.9. The first-order valence-electron chi connectivity index (χ1n) is 9.97. The smallest absolute Gasteiger partial charge is 0.255 e. The van der Waals surface area contributed by atoms with Crippen molar-refractivity contribution < 1.29 is 18.3 Å². The maximum absolute atomic E-state index is 12.9. The van der Waals surface area contributed by atoms with Crippen LogP contribution in [0.4, 0.5) is 5.95 Å². The van der Waals surface area contributed by atoms with Crippen molar-refractivity contribution in [3.63, 3.8) is 0 Å². The summed E-state index contributed by atoms with van der Waals surface area (Å²) in [5, 5.41) is 14.7. The normalized spacial score (nSPS) is 26.3. The van der Waals surface area contributed by atoms with E-state index >= 15 is 0 Å². The summed E-state index contributed by atoms with van der Waals surface area (Å²) in [5.74, 6) is 0.371. The van der Waals surface area contributed by atoms with Gasteiger partial charge in [0.15, 0.2) is 0 Å². The van der Waals surface area contributed by atoms with Gasteiger partial charge in [-0.2, -0.15) is 4.98 Å². The summed E-state index contributed by atoms with van der Waals surface area (Å²) in [6, 6.07) is 1.23. The quantitative estimate of drug-likeness (QED) is 0.697. The Bertz CT molecular complexity index is 1120. The number of sulfonamides is 1. The van der Waals surface area contributed by atoms with Crippen molar-refractivity contribution in [1.29, 1.82) is 0 Å². The van der Waals surface area contributed by atoms with Gasteiger partial charge in [-0.3, -0.25) is 9.36 Å². The molecule has 0 amide bonds. The highest BCUT2D eigenvalue weighted by Gasteiger charge is 2.41. The Balaban J connectivity index is 1.65. The van der Waals surface area contributed by atoms with Crippen LogP contribution in [-0.2, 0) is 14.8 Å². The second-order valence-corrected chi connectivity index (χ2v) is 10.4. The Morgan fingerprint density at radius 2 is 2.03 bits per heavy atom. The second-order valence-electron chi connectivity index (χ2n) is 8.44. The molecular weight excluding hydrogens is 410 g/mol. The largest absolute Gasteiger partial charge is 0.385 e. The van der Waals surface area contributed by atoms with Gasteiger partial charge in [-0.25, -0.2) is 17.7 Å². The molecule has 2 atom stereocenters. The van der Waals surface area contributed by atoms with Crippen LogP contribution in [0.1, 0.15) is 31.4 Å². The first-order valence-corrected chi connectivity index (χ1v) is 11.8. The van der Waals surface area contributed by atoms with E-state index in [1.165, 1.54) is 15.1 Å². The van der Waals surface area contributed by atoms with Crippen LogP contribution in [0, 0.1) is 6.92 Å². The lowest BCUT2D eigenvalue weighted by Crippen LogP contribution is -2.42. The van der Waals surface area contributed by atoms with Crippen molar-refractivity contribution in [2.45, 2.75) is 44.4 Å². The van der Waals surface area contributed by atoms with Gasteiger partial charge in [-0.05, 0) is 32.8 Å². The van der Waals surface area contributed by atoms with Gasteiger partial charge >= 0.3 is 0 Å². The van der Waals surface area contributed by atoms with Gasteiger partial charge < -0.3 is 15.2 Å². The topological polar surface area (TPSA) is 127 Å². The van der Waals surface area contributed by atoms with Gasteiger partial charge in [0.1, 0.15) is 11.2 Å². The first kappa shape index (κ1) is 21.2. The number of fused-ring (bicyclic) bond motifs is 1. The van der Waals surface area contributed by atoms with E-state index in [2.05, 4.69) is 15.3 Å². The molecule has 10 nitrogen and oxygen atoms in total. The molecule has 0 aliphatic carbocycles. The minimum atomic E-state index is -3.19. The average Bonchev–Trinajstić information content (AvgIpc) is 3.02. The van der Waals surface area contributed by atoms with Crippen LogP contribution in [0.5, 0.6) is 0 Å². The SMILES string of the molecule is Cc1cc2cnc(NC3CCN(S(C)(=O)=O)CC3)nc2n([C@@H]2COC[C@@]2(C)O)c1=O. The molecule has 2 aliphatic heterocycles. The Morgan fingerprint density at radius 1 is 1.33 bits per heavy atom. The van der Waals surface area contributed by atoms with E-state index in [1.807, 2.05) is 0 Å². The molecule has 0 unspecified atom stereocenters. The number of aromatic nitrogens is 3. The van der Waals surface area contributed by atoms with Gasteiger partial charge in [-0.1, -0.05) is 0 Å². The highest BCUT2D eigenvalue weighted by Crippen LogP contribution is 2.31. The molecule has 2 aromatic heterocycles. The Hall–Kier alpha value is -2.08. The fourth-order valence-electron chi connectivity index (χ4n) is 4.14. The van der Waals surface area contributed by atoms with Crippen molar-refractivity contribution in [3.05, 3.63) is 28.2 Å². The van der Waals surface area contributed by atoms with Crippen LogP contribution in [0.25, 0.3) is 11.0 Å². The van der Waals surface area contributed by atoms with Gasteiger partial charge in [0.25, 0.3) is 5.56 Å². The molecule has 2 saturated heterocycles. The average molecular weight is 438 g/mol. The summed E-state index contributed by atoms with van der Waals surface area (Å²) in [5.41, 5.74) is -0.416. The Kier molecular flexibility index (Phi) is 5.33. The van der Waals surface area contributed by atoms with E-state index in [1.54, 1.807) is 26.1 Å². The zero-order chi connectivity index (χ0) is 21.7. The minimum Gasteiger partial charge on any atom is -0.385 e. The van der Waals surface area contributed by atoms with E-state index in [4.69, 9.17) is 4.74 Å². The predicted octanol–water partition coefficient (Wildman–Crippen LogP) is 0.258. The summed E-state index contributed by atoms with van der Waals surface area (Å²) in [6.07, 6.45) is 4.15. The molecule has 0 aromatic carbocycles. The van der Waals surface area contributed by atoms with Crippen molar-refractivity contribution in [1.82, 2.24) is 18.8 Å². The van der Waals surface area contributed by atoms with Gasteiger partial charge in [0.2, 0.25) is 16.0 Å². The molecule has 4 rings (SSSR count). The van der Waals surface area contributed by atoms with E-state index < -0.39 is 21.7 Å². The molecule has 4 heterocycles. The number of hydrogen-bond acceptors (Lipinski definition) is 8. The fraction of sp³-hybridized carbons (Fsp3) is 0.632. The van der Waals surface area contributed by atoms with Crippen molar-refractivity contribution in [3.8, 4) is 0 Å². The molecule has 2 N–H and O–H groups in total. The number of nitrogens with zero attached hydrogens (tertiary/aromatic N) is 4. The molecule has 0 radical (unpaired) electrons. The lowest BCUT2D eigenvalue weighted by molar-refractivity contribution is 0.0223. The Morgan fingerprint density at radius 3 is 2.63 bits per heavy atom. The first-order chi connectivity index (χ1) is 14.1. The number of anilines is 1. The number of pyridine rings is 1. The molecule has 0 spiro atoms. The van der Waals surface area contributed by atoms with Crippen molar-refractivity contribution in [2.24, 2.45) is 0 Å². The summed E-state index contributed by atoms with van der Waals surface area (Å²) >= 11 is 0. The predicted molar refractivity (Wildman–Crippen MR) is 112 cm³/mol.